The summed E-state index contributed by atoms with van der Waals surface area (Å²) in [6, 6.07) is 30.6. The zero-order valence-corrected chi connectivity index (χ0v) is 19.5. The van der Waals surface area contributed by atoms with E-state index in [9.17, 15) is 4.79 Å². The maximum Gasteiger partial charge on any atom is 0.286 e. The molecule has 168 valence electrons. The molecule has 6 heteroatoms. The van der Waals surface area contributed by atoms with Crippen molar-refractivity contribution in [2.24, 2.45) is 10.7 Å². The summed E-state index contributed by atoms with van der Waals surface area (Å²) < 4.78 is 7.88. The Morgan fingerprint density at radius 1 is 0.941 bits per heavy atom. The van der Waals surface area contributed by atoms with Crippen LogP contribution in [-0.4, -0.2) is 22.2 Å². The summed E-state index contributed by atoms with van der Waals surface area (Å²) in [5, 5.41) is 0.270. The van der Waals surface area contributed by atoms with Crippen molar-refractivity contribution < 1.29 is 9.53 Å². The highest BCUT2D eigenvalue weighted by atomic mass is 32.2. The monoisotopic (exact) mass is 465 g/mol. The lowest BCUT2D eigenvalue weighted by molar-refractivity contribution is -0.113. The minimum Gasteiger partial charge on any atom is -0.494 e. The molecule has 0 fully saturated rings. The van der Waals surface area contributed by atoms with Crippen LogP contribution in [0, 0.1) is 0 Å². The van der Waals surface area contributed by atoms with Gasteiger partial charge in [0.25, 0.3) is 5.91 Å². The largest absolute Gasteiger partial charge is 0.494 e. The van der Waals surface area contributed by atoms with Gasteiger partial charge < -0.3 is 15.0 Å². The van der Waals surface area contributed by atoms with E-state index in [2.05, 4.69) is 52.0 Å². The van der Waals surface area contributed by atoms with Gasteiger partial charge in [-0.3, -0.25) is 4.79 Å². The molecule has 4 aromatic rings. The lowest BCUT2D eigenvalue weighted by atomic mass is 10.1. The van der Waals surface area contributed by atoms with Crippen LogP contribution in [-0.2, 0) is 4.79 Å². The van der Waals surface area contributed by atoms with Crippen molar-refractivity contribution in [2.75, 3.05) is 6.61 Å². The summed E-state index contributed by atoms with van der Waals surface area (Å²) in [6.07, 6.45) is 1.89. The Hall–Kier alpha value is -4.03. The van der Waals surface area contributed by atoms with Crippen LogP contribution in [0.3, 0.4) is 0 Å². The van der Waals surface area contributed by atoms with Crippen LogP contribution in [0.2, 0.25) is 0 Å². The Morgan fingerprint density at radius 3 is 2.18 bits per heavy atom. The van der Waals surface area contributed by atoms with Gasteiger partial charge in [-0.05, 0) is 66.2 Å². The zero-order chi connectivity index (χ0) is 23.5. The number of benzene rings is 3. The van der Waals surface area contributed by atoms with Crippen molar-refractivity contribution in [3.05, 3.63) is 101 Å². The molecule has 2 heterocycles. The molecule has 2 N–H and O–H groups in total. The molecular formula is C28H23N3O2S. The molecule has 0 saturated heterocycles. The third kappa shape index (κ3) is 4.28. The second kappa shape index (κ2) is 9.45. The Morgan fingerprint density at radius 2 is 1.59 bits per heavy atom. The number of aromatic nitrogens is 1. The predicted octanol–water partition coefficient (Wildman–Crippen LogP) is 6.14. The fourth-order valence-electron chi connectivity index (χ4n) is 4.05. The average Bonchev–Trinajstić information content (AvgIpc) is 3.40. The molecule has 0 saturated carbocycles. The van der Waals surface area contributed by atoms with Crippen LogP contribution in [0.15, 0.2) is 101 Å². The number of nitrogens with zero attached hydrogens (tertiary/aromatic N) is 2. The second-order valence-electron chi connectivity index (χ2n) is 7.69. The van der Waals surface area contributed by atoms with E-state index in [0.29, 0.717) is 11.5 Å². The highest BCUT2D eigenvalue weighted by molar-refractivity contribution is 8.18. The third-order valence-electron chi connectivity index (χ3n) is 5.48. The first-order valence-corrected chi connectivity index (χ1v) is 11.8. The Kier molecular flexibility index (Phi) is 6.06. The molecule has 0 radical (unpaired) electrons. The summed E-state index contributed by atoms with van der Waals surface area (Å²) in [5.74, 6) is 0.514. The van der Waals surface area contributed by atoms with Gasteiger partial charge in [-0.2, -0.15) is 4.99 Å². The molecule has 5 rings (SSSR count). The van der Waals surface area contributed by atoms with Crippen molar-refractivity contribution in [3.63, 3.8) is 0 Å². The first-order valence-electron chi connectivity index (χ1n) is 11.0. The standard InChI is InChI=1S/C28H23N3O2S/c1-2-33-23-15-13-22(14-16-23)31-24(19-9-5-3-6-10-19)17-21(18-25-27(32)30-28(29)34-25)26(31)20-11-7-4-8-12-20/h3-18H,2H2,1H3,(H2,29,30,32)/b25-18+. The van der Waals surface area contributed by atoms with Crippen LogP contribution in [0.5, 0.6) is 5.75 Å². The third-order valence-corrected chi connectivity index (χ3v) is 6.29. The van der Waals surface area contributed by atoms with Gasteiger partial charge in [0.2, 0.25) is 0 Å². The number of amidine groups is 1. The summed E-state index contributed by atoms with van der Waals surface area (Å²) in [5.41, 5.74) is 11.8. The number of carbonyl (C=O) groups is 1. The topological polar surface area (TPSA) is 69.6 Å². The minimum absolute atomic E-state index is 0.270. The number of aliphatic imine (C=N–C) groups is 1. The van der Waals surface area contributed by atoms with Crippen molar-refractivity contribution in [3.8, 4) is 34.0 Å². The highest BCUT2D eigenvalue weighted by Crippen LogP contribution is 2.39. The van der Waals surface area contributed by atoms with E-state index in [1.807, 2.05) is 61.5 Å². The van der Waals surface area contributed by atoms with E-state index in [0.717, 1.165) is 39.5 Å². The van der Waals surface area contributed by atoms with E-state index >= 15 is 0 Å². The SMILES string of the molecule is CCOc1ccc(-n2c(-c3ccccc3)cc(/C=C3/SC(N)=NC3=O)c2-c2ccccc2)cc1. The number of carbonyl (C=O) groups excluding carboxylic acids is 1. The molecule has 0 spiro atoms. The highest BCUT2D eigenvalue weighted by Gasteiger charge is 2.23. The van der Waals surface area contributed by atoms with Gasteiger partial charge in [0.15, 0.2) is 5.17 Å². The van der Waals surface area contributed by atoms with Gasteiger partial charge >= 0.3 is 0 Å². The predicted molar refractivity (Wildman–Crippen MR) is 140 cm³/mol. The molecule has 1 aliphatic rings. The van der Waals surface area contributed by atoms with Gasteiger partial charge in [-0.1, -0.05) is 60.7 Å². The smallest absolute Gasteiger partial charge is 0.286 e. The van der Waals surface area contributed by atoms with Crippen LogP contribution in [0.25, 0.3) is 34.3 Å². The van der Waals surface area contributed by atoms with Gasteiger partial charge in [0, 0.05) is 11.3 Å². The Bertz CT molecular complexity index is 1390. The minimum atomic E-state index is -0.309. The maximum absolute atomic E-state index is 12.4. The van der Waals surface area contributed by atoms with E-state index in [1.54, 1.807) is 0 Å². The molecule has 0 aliphatic carbocycles. The summed E-state index contributed by atoms with van der Waals surface area (Å²) in [6.45, 7) is 2.58. The zero-order valence-electron chi connectivity index (χ0n) is 18.6. The number of ether oxygens (including phenoxy) is 1. The molecule has 3 aromatic carbocycles. The number of hydrogen-bond acceptors (Lipinski definition) is 4. The fraction of sp³-hybridized carbons (Fsp3) is 0.0714. The molecule has 1 amide bonds. The van der Waals surface area contributed by atoms with Gasteiger partial charge in [-0.15, -0.1) is 0 Å². The average molecular weight is 466 g/mol. The van der Waals surface area contributed by atoms with Crippen molar-refractivity contribution in [2.45, 2.75) is 6.92 Å². The number of hydrogen-bond donors (Lipinski definition) is 1. The normalized spacial score (nSPS) is 14.4. The summed E-state index contributed by atoms with van der Waals surface area (Å²) >= 11 is 1.20. The fourth-order valence-corrected chi connectivity index (χ4v) is 4.72. The second-order valence-corrected chi connectivity index (χ2v) is 8.76. The summed E-state index contributed by atoms with van der Waals surface area (Å²) in [7, 11) is 0. The lowest BCUT2D eigenvalue weighted by Crippen LogP contribution is -2.01. The number of nitrogens with two attached hydrogens (primary N) is 1. The Labute approximate surface area is 202 Å². The molecule has 1 aliphatic heterocycles. The number of thioether (sulfide) groups is 1. The van der Waals surface area contributed by atoms with Gasteiger partial charge in [0.1, 0.15) is 5.75 Å². The number of amides is 1. The van der Waals surface area contributed by atoms with Gasteiger partial charge in [0.05, 0.1) is 22.9 Å². The molecule has 0 unspecified atom stereocenters. The van der Waals surface area contributed by atoms with E-state index in [4.69, 9.17) is 10.5 Å². The molecule has 5 nitrogen and oxygen atoms in total. The van der Waals surface area contributed by atoms with E-state index in [1.165, 1.54) is 11.8 Å². The van der Waals surface area contributed by atoms with Crippen LogP contribution >= 0.6 is 11.8 Å². The lowest BCUT2D eigenvalue weighted by Gasteiger charge is -2.16. The molecular weight excluding hydrogens is 442 g/mol. The van der Waals surface area contributed by atoms with Crippen LogP contribution < -0.4 is 10.5 Å². The first-order chi connectivity index (χ1) is 16.6. The Balaban J connectivity index is 1.78. The molecule has 0 atom stereocenters. The quantitative estimate of drug-likeness (QED) is 0.347. The van der Waals surface area contributed by atoms with E-state index in [-0.39, 0.29) is 11.1 Å². The molecule has 1 aromatic heterocycles. The molecule has 34 heavy (non-hydrogen) atoms. The van der Waals surface area contributed by atoms with Crippen LogP contribution in [0.4, 0.5) is 0 Å². The summed E-state index contributed by atoms with van der Waals surface area (Å²) in [4.78, 5) is 16.8. The van der Waals surface area contributed by atoms with Crippen molar-refractivity contribution >= 4 is 28.9 Å². The first kappa shape index (κ1) is 21.8. The van der Waals surface area contributed by atoms with Crippen LogP contribution in [0.1, 0.15) is 12.5 Å². The number of rotatable bonds is 6. The van der Waals surface area contributed by atoms with Gasteiger partial charge in [-0.25, -0.2) is 0 Å². The van der Waals surface area contributed by atoms with Crippen molar-refractivity contribution in [1.29, 1.82) is 0 Å². The molecule has 0 bridgehead atoms. The maximum atomic E-state index is 12.4. The van der Waals surface area contributed by atoms with Crippen molar-refractivity contribution in [1.82, 2.24) is 4.57 Å². The van der Waals surface area contributed by atoms with E-state index < -0.39 is 0 Å².